The molecule has 1 fully saturated rings. The van der Waals surface area contributed by atoms with Crippen LogP contribution in [0.25, 0.3) is 0 Å². The predicted octanol–water partition coefficient (Wildman–Crippen LogP) is 3.03. The van der Waals surface area contributed by atoms with Crippen molar-refractivity contribution in [1.82, 2.24) is 24.6 Å². The average molecular weight is 524 g/mol. The van der Waals surface area contributed by atoms with Gasteiger partial charge in [-0.2, -0.15) is 0 Å². The summed E-state index contributed by atoms with van der Waals surface area (Å²) in [6, 6.07) is 15.6. The highest BCUT2D eigenvalue weighted by molar-refractivity contribution is 14.0. The number of aliphatic imine (C=N–C) groups is 1. The van der Waals surface area contributed by atoms with Crippen molar-refractivity contribution in [3.05, 3.63) is 59.9 Å². The molecule has 3 rings (SSSR count). The van der Waals surface area contributed by atoms with Crippen LogP contribution in [0.5, 0.6) is 0 Å². The summed E-state index contributed by atoms with van der Waals surface area (Å²) in [5.41, 5.74) is 2.70. The predicted molar refractivity (Wildman–Crippen MR) is 137 cm³/mol. The monoisotopic (exact) mass is 524 g/mol. The van der Waals surface area contributed by atoms with Crippen molar-refractivity contribution < 1.29 is 0 Å². The minimum Gasteiger partial charge on any atom is -0.356 e. The van der Waals surface area contributed by atoms with Crippen LogP contribution in [0, 0.1) is 0 Å². The second-order valence-electron chi connectivity index (χ2n) is 8.02. The highest BCUT2D eigenvalue weighted by Crippen LogP contribution is 2.24. The van der Waals surface area contributed by atoms with Gasteiger partial charge in [0.15, 0.2) is 5.96 Å². The van der Waals surface area contributed by atoms with Gasteiger partial charge in [0, 0.05) is 71.8 Å². The Morgan fingerprint density at radius 1 is 1.13 bits per heavy atom. The summed E-state index contributed by atoms with van der Waals surface area (Å²) in [7, 11) is 8.25. The number of likely N-dealkylation sites (N-methyl/N-ethyl adjacent to an activating group) is 1. The Kier molecular flexibility index (Phi) is 10.1. The van der Waals surface area contributed by atoms with Gasteiger partial charge in [-0.05, 0) is 31.2 Å². The zero-order valence-corrected chi connectivity index (χ0v) is 21.1. The molecule has 30 heavy (non-hydrogen) atoms. The van der Waals surface area contributed by atoms with E-state index in [4.69, 9.17) is 0 Å². The molecule has 1 saturated heterocycles. The Balaban J connectivity index is 0.00000320. The molecule has 7 heteroatoms. The molecule has 0 radical (unpaired) electrons. The van der Waals surface area contributed by atoms with Crippen LogP contribution in [0.1, 0.15) is 23.7 Å². The first-order chi connectivity index (χ1) is 14.1. The van der Waals surface area contributed by atoms with E-state index in [1.54, 1.807) is 0 Å². The van der Waals surface area contributed by atoms with Crippen LogP contribution in [-0.4, -0.2) is 79.1 Å². The molecule has 0 amide bonds. The number of aromatic nitrogens is 1. The van der Waals surface area contributed by atoms with E-state index in [9.17, 15) is 0 Å². The van der Waals surface area contributed by atoms with E-state index in [0.29, 0.717) is 6.04 Å². The number of aryl methyl sites for hydroxylation is 1. The van der Waals surface area contributed by atoms with Crippen LogP contribution < -0.4 is 5.32 Å². The molecule has 1 atom stereocenters. The van der Waals surface area contributed by atoms with Crippen molar-refractivity contribution in [2.24, 2.45) is 12.0 Å². The maximum atomic E-state index is 4.46. The zero-order valence-electron chi connectivity index (χ0n) is 18.8. The molecule has 0 bridgehead atoms. The van der Waals surface area contributed by atoms with E-state index in [-0.39, 0.29) is 24.0 Å². The molecule has 166 valence electrons. The standard InChI is InChI=1S/C23H36N6.HI/c1-24-23(28(4)18-21-12-8-14-27(21)3)25-13-9-15-29-17-16-26(2)19-22(29)20-10-6-5-7-11-20;/h5-8,10-12,14,22H,9,13,15-19H2,1-4H3,(H,24,25);1H. The Labute approximate surface area is 199 Å². The third-order valence-electron chi connectivity index (χ3n) is 5.81. The number of hydrogen-bond acceptors (Lipinski definition) is 3. The Bertz CT molecular complexity index is 775. The maximum absolute atomic E-state index is 4.46. The summed E-state index contributed by atoms with van der Waals surface area (Å²) in [5, 5.41) is 3.53. The fraction of sp³-hybridized carbons (Fsp3) is 0.522. The first kappa shape index (κ1) is 24.7. The van der Waals surface area contributed by atoms with Crippen LogP contribution in [0.15, 0.2) is 53.7 Å². The molecular formula is C23H37IN6. The molecule has 1 N–H and O–H groups in total. The van der Waals surface area contributed by atoms with Crippen molar-refractivity contribution >= 4 is 29.9 Å². The number of hydrogen-bond donors (Lipinski definition) is 1. The summed E-state index contributed by atoms with van der Waals surface area (Å²) in [6.45, 7) is 6.23. The van der Waals surface area contributed by atoms with E-state index in [1.165, 1.54) is 11.3 Å². The lowest BCUT2D eigenvalue weighted by molar-refractivity contribution is 0.0891. The van der Waals surface area contributed by atoms with Crippen LogP contribution in [-0.2, 0) is 13.6 Å². The van der Waals surface area contributed by atoms with Gasteiger partial charge < -0.3 is 19.7 Å². The second kappa shape index (κ2) is 12.3. The van der Waals surface area contributed by atoms with Crippen LogP contribution in [0.3, 0.4) is 0 Å². The Hall–Kier alpha value is -1.58. The first-order valence-electron chi connectivity index (χ1n) is 10.6. The number of piperazine rings is 1. The van der Waals surface area contributed by atoms with Gasteiger partial charge in [0.05, 0.1) is 6.54 Å². The largest absolute Gasteiger partial charge is 0.356 e. The average Bonchev–Trinajstić information content (AvgIpc) is 3.14. The molecule has 1 aliphatic rings. The topological polar surface area (TPSA) is 39.0 Å². The summed E-state index contributed by atoms with van der Waals surface area (Å²) in [4.78, 5) is 11.7. The van der Waals surface area contributed by atoms with Crippen LogP contribution in [0.2, 0.25) is 0 Å². The lowest BCUT2D eigenvalue weighted by atomic mass is 10.0. The number of guanidine groups is 1. The molecular weight excluding hydrogens is 487 g/mol. The molecule has 1 aliphatic heterocycles. The van der Waals surface area contributed by atoms with E-state index < -0.39 is 0 Å². The van der Waals surface area contributed by atoms with Gasteiger partial charge in [-0.15, -0.1) is 24.0 Å². The smallest absolute Gasteiger partial charge is 0.193 e. The summed E-state index contributed by atoms with van der Waals surface area (Å²) >= 11 is 0. The Morgan fingerprint density at radius 3 is 2.57 bits per heavy atom. The molecule has 1 unspecified atom stereocenters. The van der Waals surface area contributed by atoms with Gasteiger partial charge >= 0.3 is 0 Å². The van der Waals surface area contributed by atoms with Gasteiger partial charge in [0.2, 0.25) is 0 Å². The molecule has 0 aliphatic carbocycles. The summed E-state index contributed by atoms with van der Waals surface area (Å²) in [5.74, 6) is 0.948. The molecule has 0 saturated carbocycles. The highest BCUT2D eigenvalue weighted by Gasteiger charge is 2.25. The molecule has 6 nitrogen and oxygen atoms in total. The SMILES string of the molecule is CN=C(NCCCN1CCN(C)CC1c1ccccc1)N(C)Cc1cccn1C.I. The molecule has 0 spiro atoms. The van der Waals surface area contributed by atoms with Crippen molar-refractivity contribution in [3.8, 4) is 0 Å². The number of nitrogens with one attached hydrogen (secondary N) is 1. The normalized spacial score (nSPS) is 18.1. The molecule has 1 aromatic carbocycles. The van der Waals surface area contributed by atoms with Gasteiger partial charge in [-0.3, -0.25) is 9.89 Å². The van der Waals surface area contributed by atoms with E-state index >= 15 is 0 Å². The molecule has 2 aromatic rings. The number of nitrogens with zero attached hydrogens (tertiary/aromatic N) is 5. The summed E-state index contributed by atoms with van der Waals surface area (Å²) in [6.07, 6.45) is 3.18. The number of rotatable bonds is 7. The lowest BCUT2D eigenvalue weighted by Gasteiger charge is -2.40. The van der Waals surface area contributed by atoms with Gasteiger partial charge in [0.1, 0.15) is 0 Å². The van der Waals surface area contributed by atoms with Gasteiger partial charge in [-0.25, -0.2) is 0 Å². The maximum Gasteiger partial charge on any atom is 0.193 e. The van der Waals surface area contributed by atoms with Crippen molar-refractivity contribution in [2.45, 2.75) is 19.0 Å². The van der Waals surface area contributed by atoms with E-state index in [1.807, 2.05) is 7.05 Å². The third kappa shape index (κ3) is 6.72. The van der Waals surface area contributed by atoms with Crippen molar-refractivity contribution in [3.63, 3.8) is 0 Å². The minimum absolute atomic E-state index is 0. The number of halogens is 1. The summed E-state index contributed by atoms with van der Waals surface area (Å²) < 4.78 is 2.15. The minimum atomic E-state index is 0. The zero-order chi connectivity index (χ0) is 20.6. The van der Waals surface area contributed by atoms with Crippen LogP contribution in [0.4, 0.5) is 0 Å². The number of benzene rings is 1. The van der Waals surface area contributed by atoms with E-state index in [0.717, 1.165) is 51.6 Å². The lowest BCUT2D eigenvalue weighted by Crippen LogP contribution is -2.47. The first-order valence-corrected chi connectivity index (χ1v) is 10.6. The quantitative estimate of drug-likeness (QED) is 0.262. The van der Waals surface area contributed by atoms with Crippen molar-refractivity contribution in [1.29, 1.82) is 0 Å². The second-order valence-corrected chi connectivity index (χ2v) is 8.02. The highest BCUT2D eigenvalue weighted by atomic mass is 127. The van der Waals surface area contributed by atoms with Crippen LogP contribution >= 0.6 is 24.0 Å². The third-order valence-corrected chi connectivity index (χ3v) is 5.81. The Morgan fingerprint density at radius 2 is 1.90 bits per heavy atom. The van der Waals surface area contributed by atoms with E-state index in [2.05, 4.69) is 99.4 Å². The molecule has 2 heterocycles. The fourth-order valence-electron chi connectivity index (χ4n) is 4.06. The van der Waals surface area contributed by atoms with Gasteiger partial charge in [0.25, 0.3) is 0 Å². The van der Waals surface area contributed by atoms with Crippen molar-refractivity contribution in [2.75, 3.05) is 53.9 Å². The molecule has 1 aromatic heterocycles. The fourth-order valence-corrected chi connectivity index (χ4v) is 4.06. The van der Waals surface area contributed by atoms with Gasteiger partial charge in [-0.1, -0.05) is 30.3 Å².